The first-order chi connectivity index (χ1) is 9.58. The van der Waals surface area contributed by atoms with Crippen LogP contribution >= 0.6 is 23.2 Å². The summed E-state index contributed by atoms with van der Waals surface area (Å²) in [6, 6.07) is 11.2. The summed E-state index contributed by atoms with van der Waals surface area (Å²) < 4.78 is 0. The molecule has 2 aromatic rings. The summed E-state index contributed by atoms with van der Waals surface area (Å²) in [6.07, 6.45) is 1.28. The number of hydrogen-bond donors (Lipinski definition) is 2. The molecule has 0 bridgehead atoms. The first-order valence-electron chi connectivity index (χ1n) is 5.64. The third kappa shape index (κ3) is 3.50. The van der Waals surface area contributed by atoms with E-state index < -0.39 is 5.91 Å². The van der Waals surface area contributed by atoms with E-state index in [1.807, 2.05) is 0 Å². The van der Waals surface area contributed by atoms with Crippen molar-refractivity contribution in [3.05, 3.63) is 63.6 Å². The number of nitrogens with zero attached hydrogens (tertiary/aromatic N) is 1. The number of benzene rings is 2. The maximum absolute atomic E-state index is 11.8. The van der Waals surface area contributed by atoms with Crippen LogP contribution in [-0.2, 0) is 0 Å². The third-order valence-corrected chi connectivity index (χ3v) is 3.04. The predicted molar refractivity (Wildman–Crippen MR) is 79.6 cm³/mol. The molecule has 0 atom stereocenters. The molecule has 0 aromatic heterocycles. The van der Waals surface area contributed by atoms with Gasteiger partial charge in [-0.15, -0.1) is 0 Å². The minimum atomic E-state index is -0.407. The number of nitrogens with one attached hydrogen (secondary N) is 1. The van der Waals surface area contributed by atoms with Crippen LogP contribution in [0.2, 0.25) is 10.0 Å². The van der Waals surface area contributed by atoms with Gasteiger partial charge >= 0.3 is 0 Å². The van der Waals surface area contributed by atoms with E-state index in [0.717, 1.165) is 0 Å². The van der Waals surface area contributed by atoms with Gasteiger partial charge in [0.2, 0.25) is 0 Å². The Hall–Kier alpha value is -2.04. The fourth-order valence-electron chi connectivity index (χ4n) is 1.50. The van der Waals surface area contributed by atoms with Crippen LogP contribution in [0.15, 0.2) is 47.6 Å². The summed E-state index contributed by atoms with van der Waals surface area (Å²) >= 11 is 11.7. The smallest absolute Gasteiger partial charge is 0.271 e. The molecule has 0 unspecified atom stereocenters. The fraction of sp³-hybridized carbons (Fsp3) is 0. The highest BCUT2D eigenvalue weighted by atomic mass is 35.5. The zero-order chi connectivity index (χ0) is 14.5. The lowest BCUT2D eigenvalue weighted by Gasteiger charge is -2.02. The highest BCUT2D eigenvalue weighted by Gasteiger charge is 2.05. The van der Waals surface area contributed by atoms with Crippen molar-refractivity contribution < 1.29 is 9.90 Å². The molecular formula is C14H10Cl2N2O2. The third-order valence-electron chi connectivity index (χ3n) is 2.48. The quantitative estimate of drug-likeness (QED) is 0.674. The van der Waals surface area contributed by atoms with Crippen molar-refractivity contribution in [3.63, 3.8) is 0 Å². The molecule has 0 fully saturated rings. The minimum Gasteiger partial charge on any atom is -0.507 e. The Morgan fingerprint density at radius 1 is 1.20 bits per heavy atom. The molecule has 2 rings (SSSR count). The number of hydrogen-bond acceptors (Lipinski definition) is 3. The molecule has 0 aliphatic heterocycles. The number of carbonyl (C=O) groups is 1. The second-order valence-corrected chi connectivity index (χ2v) is 4.73. The van der Waals surface area contributed by atoms with Gasteiger partial charge in [-0.25, -0.2) is 5.43 Å². The van der Waals surface area contributed by atoms with Crippen LogP contribution in [0.4, 0.5) is 0 Å². The molecule has 0 saturated heterocycles. The minimum absolute atomic E-state index is 0.0155. The number of phenolic OH excluding ortho intramolecular Hbond substituents is 1. The van der Waals surface area contributed by atoms with E-state index in [-0.39, 0.29) is 5.75 Å². The standard InChI is InChI=1S/C14H10Cl2N2O2/c15-10-4-1-3-9(7-10)14(20)18-17-8-11-12(16)5-2-6-13(11)19/h1-8,19H,(H,18,20)/b17-8+. The monoisotopic (exact) mass is 308 g/mol. The van der Waals surface area contributed by atoms with Crippen LogP contribution in [0.25, 0.3) is 0 Å². The molecule has 2 aromatic carbocycles. The average molecular weight is 309 g/mol. The van der Waals surface area contributed by atoms with Gasteiger partial charge in [-0.3, -0.25) is 4.79 Å². The first kappa shape index (κ1) is 14.4. The molecule has 0 aliphatic carbocycles. The number of carbonyl (C=O) groups excluding carboxylic acids is 1. The summed E-state index contributed by atoms with van der Waals surface area (Å²) in [5, 5.41) is 14.2. The Balaban J connectivity index is 2.09. The van der Waals surface area contributed by atoms with Gasteiger partial charge in [-0.1, -0.05) is 35.3 Å². The molecule has 0 heterocycles. The predicted octanol–water partition coefficient (Wildman–Crippen LogP) is 3.46. The van der Waals surface area contributed by atoms with Crippen molar-refractivity contribution in [1.82, 2.24) is 5.43 Å². The summed E-state index contributed by atoms with van der Waals surface area (Å²) in [5.74, 6) is -0.423. The molecule has 0 spiro atoms. The van der Waals surface area contributed by atoms with E-state index in [1.165, 1.54) is 18.3 Å². The van der Waals surface area contributed by atoms with E-state index in [0.29, 0.717) is 21.2 Å². The molecule has 4 nitrogen and oxygen atoms in total. The lowest BCUT2D eigenvalue weighted by Crippen LogP contribution is -2.17. The maximum atomic E-state index is 11.8. The van der Waals surface area contributed by atoms with E-state index in [1.54, 1.807) is 30.3 Å². The summed E-state index contributed by atoms with van der Waals surface area (Å²) in [5.41, 5.74) is 3.05. The van der Waals surface area contributed by atoms with Crippen molar-refractivity contribution in [2.24, 2.45) is 5.10 Å². The Labute approximate surface area is 125 Å². The first-order valence-corrected chi connectivity index (χ1v) is 6.40. The van der Waals surface area contributed by atoms with E-state index in [2.05, 4.69) is 10.5 Å². The van der Waals surface area contributed by atoms with Crippen molar-refractivity contribution >= 4 is 35.3 Å². The van der Waals surface area contributed by atoms with E-state index in [4.69, 9.17) is 23.2 Å². The second kappa shape index (κ2) is 6.41. The highest BCUT2D eigenvalue weighted by Crippen LogP contribution is 2.22. The second-order valence-electron chi connectivity index (χ2n) is 3.88. The van der Waals surface area contributed by atoms with Crippen LogP contribution in [0.1, 0.15) is 15.9 Å². The van der Waals surface area contributed by atoms with E-state index in [9.17, 15) is 9.90 Å². The van der Waals surface area contributed by atoms with Crippen molar-refractivity contribution in [3.8, 4) is 5.75 Å². The molecule has 0 aliphatic rings. The van der Waals surface area contributed by atoms with Crippen LogP contribution in [0, 0.1) is 0 Å². The van der Waals surface area contributed by atoms with Crippen LogP contribution in [0.5, 0.6) is 5.75 Å². The van der Waals surface area contributed by atoms with Crippen molar-refractivity contribution in [2.45, 2.75) is 0 Å². The fourth-order valence-corrected chi connectivity index (χ4v) is 1.91. The Morgan fingerprint density at radius 2 is 1.95 bits per heavy atom. The highest BCUT2D eigenvalue weighted by molar-refractivity contribution is 6.33. The summed E-state index contributed by atoms with van der Waals surface area (Å²) in [4.78, 5) is 11.8. The van der Waals surface area contributed by atoms with Gasteiger partial charge in [0.05, 0.1) is 16.8 Å². The molecule has 2 N–H and O–H groups in total. The van der Waals surface area contributed by atoms with Crippen molar-refractivity contribution in [2.75, 3.05) is 0 Å². The maximum Gasteiger partial charge on any atom is 0.271 e. The summed E-state index contributed by atoms with van der Waals surface area (Å²) in [7, 11) is 0. The van der Waals surface area contributed by atoms with Gasteiger partial charge < -0.3 is 5.11 Å². The molecule has 20 heavy (non-hydrogen) atoms. The van der Waals surface area contributed by atoms with Gasteiger partial charge in [-0.2, -0.15) is 5.10 Å². The lowest BCUT2D eigenvalue weighted by atomic mass is 10.2. The number of aromatic hydroxyl groups is 1. The van der Waals surface area contributed by atoms with Crippen LogP contribution < -0.4 is 5.43 Å². The SMILES string of the molecule is O=C(N/N=C/c1c(O)cccc1Cl)c1cccc(Cl)c1. The van der Waals surface area contributed by atoms with Crippen LogP contribution in [0.3, 0.4) is 0 Å². The molecule has 1 amide bonds. The largest absolute Gasteiger partial charge is 0.507 e. The number of rotatable bonds is 3. The topological polar surface area (TPSA) is 61.7 Å². The van der Waals surface area contributed by atoms with Gasteiger partial charge in [0, 0.05) is 10.6 Å². The number of amides is 1. The molecular weight excluding hydrogens is 299 g/mol. The average Bonchev–Trinajstić information content (AvgIpc) is 2.42. The number of halogens is 2. The molecule has 0 saturated carbocycles. The zero-order valence-electron chi connectivity index (χ0n) is 10.2. The van der Waals surface area contributed by atoms with Crippen LogP contribution in [-0.4, -0.2) is 17.2 Å². The van der Waals surface area contributed by atoms with Gasteiger partial charge in [0.15, 0.2) is 0 Å². The molecule has 102 valence electrons. The molecule has 0 radical (unpaired) electrons. The van der Waals surface area contributed by atoms with Crippen molar-refractivity contribution in [1.29, 1.82) is 0 Å². The normalized spacial score (nSPS) is 10.7. The zero-order valence-corrected chi connectivity index (χ0v) is 11.7. The summed E-state index contributed by atoms with van der Waals surface area (Å²) in [6.45, 7) is 0. The molecule has 6 heteroatoms. The number of hydrazone groups is 1. The van der Waals surface area contributed by atoms with Gasteiger partial charge in [0.1, 0.15) is 5.75 Å². The Kier molecular flexibility index (Phi) is 4.61. The lowest BCUT2D eigenvalue weighted by molar-refractivity contribution is 0.0955. The Bertz CT molecular complexity index is 652. The van der Waals surface area contributed by atoms with E-state index >= 15 is 0 Å². The Morgan fingerprint density at radius 3 is 2.65 bits per heavy atom. The number of phenols is 1. The van der Waals surface area contributed by atoms with Gasteiger partial charge in [-0.05, 0) is 30.3 Å². The van der Waals surface area contributed by atoms with Gasteiger partial charge in [0.25, 0.3) is 5.91 Å².